The molecule has 0 bridgehead atoms. The number of rotatable bonds is 1. The van der Waals surface area contributed by atoms with E-state index in [-0.39, 0.29) is 0 Å². The average molecular weight is 263 g/mol. The number of fused-ring (bicyclic) bond motifs is 1. The van der Waals surface area contributed by atoms with Crippen molar-refractivity contribution < 1.29 is 4.74 Å². The summed E-state index contributed by atoms with van der Waals surface area (Å²) < 4.78 is 6.02. The Labute approximate surface area is 95.4 Å². The molecule has 0 aliphatic carbocycles. The molecular formula is C11H7BrN2O. The van der Waals surface area contributed by atoms with Crippen LogP contribution >= 0.6 is 15.9 Å². The van der Waals surface area contributed by atoms with Crippen molar-refractivity contribution in [2.45, 2.75) is 0 Å². The van der Waals surface area contributed by atoms with Crippen LogP contribution in [-0.2, 0) is 0 Å². The lowest BCUT2D eigenvalue weighted by Gasteiger charge is -2.06. The van der Waals surface area contributed by atoms with Crippen molar-refractivity contribution >= 4 is 26.7 Å². The molecule has 0 radical (unpaired) electrons. The molecule has 0 N–H and O–H groups in total. The van der Waals surface area contributed by atoms with Crippen molar-refractivity contribution in [3.8, 4) is 11.8 Å². The lowest BCUT2D eigenvalue weighted by molar-refractivity contribution is 0.413. The van der Waals surface area contributed by atoms with E-state index in [1.165, 1.54) is 0 Å². The second kappa shape index (κ2) is 3.87. The highest BCUT2D eigenvalue weighted by atomic mass is 79.9. The van der Waals surface area contributed by atoms with E-state index in [4.69, 9.17) is 10.00 Å². The van der Waals surface area contributed by atoms with E-state index in [0.717, 1.165) is 21.0 Å². The monoisotopic (exact) mass is 262 g/mol. The quantitative estimate of drug-likeness (QED) is 0.794. The molecule has 0 aliphatic heterocycles. The van der Waals surface area contributed by atoms with Crippen LogP contribution in [0.3, 0.4) is 0 Å². The van der Waals surface area contributed by atoms with Gasteiger partial charge in [-0.2, -0.15) is 5.26 Å². The van der Waals surface area contributed by atoms with E-state index >= 15 is 0 Å². The molecule has 3 nitrogen and oxygen atoms in total. The second-order valence-electron chi connectivity index (χ2n) is 2.95. The van der Waals surface area contributed by atoms with Crippen molar-refractivity contribution in [1.82, 2.24) is 4.98 Å². The summed E-state index contributed by atoms with van der Waals surface area (Å²) >= 11 is 3.44. The Hall–Kier alpha value is -1.60. The van der Waals surface area contributed by atoms with Crippen LogP contribution < -0.4 is 4.74 Å². The molecule has 0 amide bonds. The van der Waals surface area contributed by atoms with Crippen molar-refractivity contribution in [2.75, 3.05) is 7.11 Å². The zero-order chi connectivity index (χ0) is 10.8. The summed E-state index contributed by atoms with van der Waals surface area (Å²) in [6.07, 6.45) is 1.62. The Morgan fingerprint density at radius 2 is 2.13 bits per heavy atom. The van der Waals surface area contributed by atoms with Crippen LogP contribution in [0.25, 0.3) is 10.8 Å². The van der Waals surface area contributed by atoms with Crippen molar-refractivity contribution in [3.05, 3.63) is 34.6 Å². The zero-order valence-electron chi connectivity index (χ0n) is 7.99. The molecule has 0 spiro atoms. The van der Waals surface area contributed by atoms with E-state index in [2.05, 4.69) is 27.0 Å². The molecule has 74 valence electrons. The Bertz CT molecular complexity index is 560. The first-order valence-corrected chi connectivity index (χ1v) is 5.08. The van der Waals surface area contributed by atoms with Crippen molar-refractivity contribution in [3.63, 3.8) is 0 Å². The minimum Gasteiger partial charge on any atom is -0.496 e. The largest absolute Gasteiger partial charge is 0.496 e. The molecule has 1 aromatic carbocycles. The molecule has 2 aromatic rings. The molecule has 1 aromatic heterocycles. The summed E-state index contributed by atoms with van der Waals surface area (Å²) in [6, 6.07) is 7.56. The molecule has 0 fully saturated rings. The van der Waals surface area contributed by atoms with Gasteiger partial charge in [-0.25, -0.2) is 4.98 Å². The summed E-state index contributed by atoms with van der Waals surface area (Å²) in [4.78, 5) is 4.00. The van der Waals surface area contributed by atoms with Gasteiger partial charge < -0.3 is 4.74 Å². The first-order valence-electron chi connectivity index (χ1n) is 4.29. The third-order valence-electron chi connectivity index (χ3n) is 2.17. The minimum atomic E-state index is 0.427. The van der Waals surface area contributed by atoms with Gasteiger partial charge in [0.2, 0.25) is 0 Å². The van der Waals surface area contributed by atoms with Crippen LogP contribution in [-0.4, -0.2) is 12.1 Å². The Morgan fingerprint density at radius 1 is 1.33 bits per heavy atom. The first-order chi connectivity index (χ1) is 7.27. The number of ether oxygens (including phenoxy) is 1. The minimum absolute atomic E-state index is 0.427. The number of methoxy groups -OCH3 is 1. The summed E-state index contributed by atoms with van der Waals surface area (Å²) in [5.41, 5.74) is 0.427. The van der Waals surface area contributed by atoms with Gasteiger partial charge in [0, 0.05) is 17.0 Å². The maximum Gasteiger partial charge on any atom is 0.148 e. The van der Waals surface area contributed by atoms with Gasteiger partial charge in [-0.05, 0) is 34.1 Å². The second-order valence-corrected chi connectivity index (χ2v) is 3.74. The van der Waals surface area contributed by atoms with Gasteiger partial charge in [-0.3, -0.25) is 0 Å². The molecule has 0 atom stereocenters. The SMILES string of the molecule is COc1ccc2c(C#N)nccc2c1Br. The van der Waals surface area contributed by atoms with E-state index in [0.29, 0.717) is 5.69 Å². The fourth-order valence-corrected chi connectivity index (χ4v) is 2.08. The summed E-state index contributed by atoms with van der Waals surface area (Å²) in [6.45, 7) is 0. The molecule has 0 saturated carbocycles. The van der Waals surface area contributed by atoms with Crippen LogP contribution in [0, 0.1) is 11.3 Å². The standard InChI is InChI=1S/C11H7BrN2O/c1-15-10-3-2-7-8(11(10)12)4-5-14-9(7)6-13/h2-5H,1H3. The van der Waals surface area contributed by atoms with Gasteiger partial charge in [-0.1, -0.05) is 0 Å². The molecule has 4 heteroatoms. The number of halogens is 1. The van der Waals surface area contributed by atoms with E-state index in [9.17, 15) is 0 Å². The maximum absolute atomic E-state index is 8.89. The molecule has 0 aliphatic rings. The topological polar surface area (TPSA) is 45.9 Å². The average Bonchev–Trinajstić information content (AvgIpc) is 2.29. The van der Waals surface area contributed by atoms with Crippen molar-refractivity contribution in [2.24, 2.45) is 0 Å². The van der Waals surface area contributed by atoms with Gasteiger partial charge in [0.1, 0.15) is 17.5 Å². The van der Waals surface area contributed by atoms with Gasteiger partial charge >= 0.3 is 0 Å². The van der Waals surface area contributed by atoms with Gasteiger partial charge in [0.15, 0.2) is 0 Å². The van der Waals surface area contributed by atoms with Crippen LogP contribution in [0.2, 0.25) is 0 Å². The maximum atomic E-state index is 8.89. The first kappa shape index (κ1) is 9.94. The third-order valence-corrected chi connectivity index (χ3v) is 2.99. The number of aromatic nitrogens is 1. The van der Waals surface area contributed by atoms with E-state index in [1.807, 2.05) is 18.2 Å². The van der Waals surface area contributed by atoms with Crippen LogP contribution in [0.4, 0.5) is 0 Å². The number of benzene rings is 1. The Balaban J connectivity index is 2.86. The highest BCUT2D eigenvalue weighted by Gasteiger charge is 2.08. The fourth-order valence-electron chi connectivity index (χ4n) is 1.44. The number of nitrogens with zero attached hydrogens (tertiary/aromatic N) is 2. The molecule has 0 unspecified atom stereocenters. The Kier molecular flexibility index (Phi) is 2.57. The van der Waals surface area contributed by atoms with Crippen LogP contribution in [0.5, 0.6) is 5.75 Å². The van der Waals surface area contributed by atoms with Gasteiger partial charge in [0.05, 0.1) is 11.6 Å². The smallest absolute Gasteiger partial charge is 0.148 e. The number of hydrogen-bond acceptors (Lipinski definition) is 3. The lowest BCUT2D eigenvalue weighted by Crippen LogP contribution is -1.89. The predicted octanol–water partition coefficient (Wildman–Crippen LogP) is 2.88. The summed E-state index contributed by atoms with van der Waals surface area (Å²) in [7, 11) is 1.61. The number of nitriles is 1. The van der Waals surface area contributed by atoms with Gasteiger partial charge in [-0.15, -0.1) is 0 Å². The number of hydrogen-bond donors (Lipinski definition) is 0. The Morgan fingerprint density at radius 3 is 2.80 bits per heavy atom. The normalized spacial score (nSPS) is 9.93. The predicted molar refractivity (Wildman–Crippen MR) is 60.7 cm³/mol. The molecule has 2 rings (SSSR count). The highest BCUT2D eigenvalue weighted by molar-refractivity contribution is 9.10. The molecule has 0 saturated heterocycles. The van der Waals surface area contributed by atoms with Gasteiger partial charge in [0.25, 0.3) is 0 Å². The van der Waals surface area contributed by atoms with Crippen LogP contribution in [0.1, 0.15) is 5.69 Å². The number of pyridine rings is 1. The third kappa shape index (κ3) is 1.55. The summed E-state index contributed by atoms with van der Waals surface area (Å²) in [5, 5.41) is 10.7. The zero-order valence-corrected chi connectivity index (χ0v) is 9.58. The fraction of sp³-hybridized carbons (Fsp3) is 0.0909. The van der Waals surface area contributed by atoms with E-state index in [1.54, 1.807) is 13.3 Å². The summed E-state index contributed by atoms with van der Waals surface area (Å²) in [5.74, 6) is 0.748. The lowest BCUT2D eigenvalue weighted by atomic mass is 10.1. The van der Waals surface area contributed by atoms with Crippen LogP contribution in [0.15, 0.2) is 28.9 Å². The molecule has 1 heterocycles. The van der Waals surface area contributed by atoms with Crippen molar-refractivity contribution in [1.29, 1.82) is 5.26 Å². The molecular weight excluding hydrogens is 256 g/mol. The van der Waals surface area contributed by atoms with E-state index < -0.39 is 0 Å². The highest BCUT2D eigenvalue weighted by Crippen LogP contribution is 2.33. The molecule has 15 heavy (non-hydrogen) atoms.